The highest BCUT2D eigenvalue weighted by molar-refractivity contribution is 7.89. The average Bonchev–Trinajstić information content (AvgIpc) is 3.00. The second-order valence-corrected chi connectivity index (χ2v) is 8.31. The Morgan fingerprint density at radius 3 is 2.60 bits per heavy atom. The summed E-state index contributed by atoms with van der Waals surface area (Å²) in [7, 11) is -3.72. The van der Waals surface area contributed by atoms with Crippen LogP contribution in [0.4, 0.5) is 5.82 Å². The Morgan fingerprint density at radius 1 is 1.24 bits per heavy atom. The molecule has 1 aromatic heterocycles. The molecule has 0 unspecified atom stereocenters. The van der Waals surface area contributed by atoms with Crippen molar-refractivity contribution in [3.8, 4) is 0 Å². The van der Waals surface area contributed by atoms with Crippen molar-refractivity contribution in [2.75, 3.05) is 18.4 Å². The molecule has 9 heteroatoms. The maximum absolute atomic E-state index is 12.8. The number of carbonyl (C=O) groups excluding carboxylic acids is 1. The largest absolute Gasteiger partial charge is 0.305 e. The summed E-state index contributed by atoms with van der Waals surface area (Å²) in [6, 6.07) is 5.93. The molecule has 0 atom stereocenters. The number of amides is 1. The van der Waals surface area contributed by atoms with Crippen molar-refractivity contribution in [1.82, 2.24) is 14.5 Å². The number of benzene rings is 1. The van der Waals surface area contributed by atoms with Crippen molar-refractivity contribution in [2.24, 2.45) is 0 Å². The molecule has 3 rings (SSSR count). The van der Waals surface area contributed by atoms with E-state index in [0.29, 0.717) is 18.9 Å². The van der Waals surface area contributed by atoms with Crippen LogP contribution in [0, 0.1) is 6.92 Å². The highest BCUT2D eigenvalue weighted by Crippen LogP contribution is 2.28. The Bertz CT molecular complexity index is 889. The molecule has 0 spiro atoms. The zero-order valence-corrected chi connectivity index (χ0v) is 15.3. The zero-order chi connectivity index (χ0) is 18.0. The van der Waals surface area contributed by atoms with Crippen molar-refractivity contribution < 1.29 is 13.2 Å². The van der Waals surface area contributed by atoms with E-state index in [0.717, 1.165) is 25.0 Å². The van der Waals surface area contributed by atoms with E-state index in [1.165, 1.54) is 22.5 Å². The van der Waals surface area contributed by atoms with E-state index in [2.05, 4.69) is 15.5 Å². The van der Waals surface area contributed by atoms with Crippen LogP contribution in [0.15, 0.2) is 29.2 Å². The maximum atomic E-state index is 12.8. The predicted octanol–water partition coefficient (Wildman–Crippen LogP) is 2.80. The first-order valence-electron chi connectivity index (χ1n) is 8.01. The number of nitrogens with zero attached hydrogens (tertiary/aromatic N) is 2. The van der Waals surface area contributed by atoms with E-state index in [1.54, 1.807) is 6.07 Å². The fourth-order valence-electron chi connectivity index (χ4n) is 2.76. The molecule has 1 aromatic carbocycles. The van der Waals surface area contributed by atoms with E-state index in [1.807, 2.05) is 6.92 Å². The lowest BCUT2D eigenvalue weighted by atomic mass is 10.2. The van der Waals surface area contributed by atoms with Crippen molar-refractivity contribution in [3.05, 3.63) is 40.5 Å². The summed E-state index contributed by atoms with van der Waals surface area (Å²) in [6.45, 7) is 2.76. The van der Waals surface area contributed by atoms with Crippen LogP contribution in [0.5, 0.6) is 0 Å². The molecule has 1 aliphatic rings. The fraction of sp³-hybridized carbons (Fsp3) is 0.375. The molecule has 1 amide bonds. The Balaban J connectivity index is 1.88. The summed E-state index contributed by atoms with van der Waals surface area (Å²) < 4.78 is 27.1. The van der Waals surface area contributed by atoms with Gasteiger partial charge in [0.15, 0.2) is 5.82 Å². The van der Waals surface area contributed by atoms with E-state index in [4.69, 9.17) is 11.6 Å². The Labute approximate surface area is 151 Å². The molecule has 0 aliphatic carbocycles. The number of aromatic amines is 1. The van der Waals surface area contributed by atoms with Crippen LogP contribution in [0.1, 0.15) is 35.3 Å². The quantitative estimate of drug-likeness (QED) is 0.849. The van der Waals surface area contributed by atoms with Crippen LogP contribution >= 0.6 is 11.6 Å². The van der Waals surface area contributed by atoms with Crippen LogP contribution in [-0.2, 0) is 10.0 Å². The first-order chi connectivity index (χ1) is 11.9. The van der Waals surface area contributed by atoms with Crippen LogP contribution < -0.4 is 5.32 Å². The van der Waals surface area contributed by atoms with Gasteiger partial charge in [-0.1, -0.05) is 18.0 Å². The molecule has 134 valence electrons. The number of aryl methyl sites for hydroxylation is 1. The molecule has 1 saturated heterocycles. The number of nitrogens with one attached hydrogen (secondary N) is 2. The second-order valence-electron chi connectivity index (χ2n) is 6.00. The molecule has 0 saturated carbocycles. The highest BCUT2D eigenvalue weighted by Gasteiger charge is 2.28. The van der Waals surface area contributed by atoms with Crippen molar-refractivity contribution >= 4 is 33.3 Å². The third-order valence-electron chi connectivity index (χ3n) is 4.07. The molecule has 0 bridgehead atoms. The van der Waals surface area contributed by atoms with Crippen molar-refractivity contribution in [3.63, 3.8) is 0 Å². The van der Waals surface area contributed by atoms with E-state index in [-0.39, 0.29) is 15.5 Å². The van der Waals surface area contributed by atoms with Gasteiger partial charge < -0.3 is 5.32 Å². The second kappa shape index (κ2) is 7.15. The van der Waals surface area contributed by atoms with Gasteiger partial charge in [-0.2, -0.15) is 9.40 Å². The minimum absolute atomic E-state index is 0.0399. The van der Waals surface area contributed by atoms with Gasteiger partial charge in [-0.15, -0.1) is 0 Å². The highest BCUT2D eigenvalue weighted by atomic mass is 35.5. The number of carbonyl (C=O) groups is 1. The molecule has 25 heavy (non-hydrogen) atoms. The van der Waals surface area contributed by atoms with E-state index < -0.39 is 15.9 Å². The van der Waals surface area contributed by atoms with Gasteiger partial charge in [0.05, 0.1) is 5.02 Å². The Morgan fingerprint density at radius 2 is 1.96 bits per heavy atom. The SMILES string of the molecule is Cc1cc(NC(=O)c2ccc(Cl)c(S(=O)(=O)N3CCCCC3)c2)n[nH]1. The summed E-state index contributed by atoms with van der Waals surface area (Å²) in [6.07, 6.45) is 2.68. The molecule has 1 aliphatic heterocycles. The minimum Gasteiger partial charge on any atom is -0.305 e. The van der Waals surface area contributed by atoms with Crippen LogP contribution in [0.25, 0.3) is 0 Å². The number of anilines is 1. The van der Waals surface area contributed by atoms with Gasteiger partial charge in [-0.25, -0.2) is 8.42 Å². The monoisotopic (exact) mass is 382 g/mol. The molecular formula is C16H19ClN4O3S. The van der Waals surface area contributed by atoms with Crippen molar-refractivity contribution in [2.45, 2.75) is 31.1 Å². The van der Waals surface area contributed by atoms with Gasteiger partial charge in [0.2, 0.25) is 10.0 Å². The predicted molar refractivity (Wildman–Crippen MR) is 95.3 cm³/mol. The summed E-state index contributed by atoms with van der Waals surface area (Å²) in [4.78, 5) is 12.3. The lowest BCUT2D eigenvalue weighted by Gasteiger charge is -2.26. The summed E-state index contributed by atoms with van der Waals surface area (Å²) in [5, 5.41) is 9.39. The van der Waals surface area contributed by atoms with Gasteiger partial charge in [-0.3, -0.25) is 9.89 Å². The van der Waals surface area contributed by atoms with Crippen LogP contribution in [-0.4, -0.2) is 41.9 Å². The number of H-pyrrole nitrogens is 1. The average molecular weight is 383 g/mol. The van der Waals surface area contributed by atoms with Crippen molar-refractivity contribution in [1.29, 1.82) is 0 Å². The number of hydrogen-bond acceptors (Lipinski definition) is 4. The molecule has 0 radical (unpaired) electrons. The number of piperidine rings is 1. The molecule has 7 nitrogen and oxygen atoms in total. The third-order valence-corrected chi connectivity index (χ3v) is 6.45. The molecule has 2 aromatic rings. The normalized spacial score (nSPS) is 15.9. The lowest BCUT2D eigenvalue weighted by molar-refractivity contribution is 0.102. The molecule has 1 fully saturated rings. The molecule has 2 N–H and O–H groups in total. The molecule has 2 heterocycles. The van der Waals surface area contributed by atoms with Gasteiger partial charge in [-0.05, 0) is 38.0 Å². The number of rotatable bonds is 4. The standard InChI is InChI=1S/C16H19ClN4O3S/c1-11-9-15(20-19-11)18-16(22)12-5-6-13(17)14(10-12)25(23,24)21-7-3-2-4-8-21/h5-6,9-10H,2-4,7-8H2,1H3,(H2,18,19,20,22). The Hall–Kier alpha value is -1.90. The van der Waals surface area contributed by atoms with Gasteiger partial charge >= 0.3 is 0 Å². The number of hydrogen-bond donors (Lipinski definition) is 2. The maximum Gasteiger partial charge on any atom is 0.256 e. The summed E-state index contributed by atoms with van der Waals surface area (Å²) in [5.41, 5.74) is 1.01. The van der Waals surface area contributed by atoms with Gasteiger partial charge in [0.25, 0.3) is 5.91 Å². The number of halogens is 1. The third kappa shape index (κ3) is 3.86. The van der Waals surface area contributed by atoms with Gasteiger partial charge in [0, 0.05) is 30.4 Å². The Kier molecular flexibility index (Phi) is 5.12. The lowest BCUT2D eigenvalue weighted by Crippen LogP contribution is -2.35. The van der Waals surface area contributed by atoms with E-state index >= 15 is 0 Å². The number of sulfonamides is 1. The zero-order valence-electron chi connectivity index (χ0n) is 13.8. The topological polar surface area (TPSA) is 95.2 Å². The van der Waals surface area contributed by atoms with Crippen LogP contribution in [0.2, 0.25) is 5.02 Å². The van der Waals surface area contributed by atoms with E-state index in [9.17, 15) is 13.2 Å². The summed E-state index contributed by atoms with van der Waals surface area (Å²) >= 11 is 6.11. The van der Waals surface area contributed by atoms with Crippen LogP contribution in [0.3, 0.4) is 0 Å². The summed E-state index contributed by atoms with van der Waals surface area (Å²) in [5.74, 6) is -0.0730. The smallest absolute Gasteiger partial charge is 0.256 e. The first-order valence-corrected chi connectivity index (χ1v) is 9.83. The number of aromatic nitrogens is 2. The minimum atomic E-state index is -3.72. The molecular weight excluding hydrogens is 364 g/mol. The first kappa shape index (κ1) is 17.9. The fourth-order valence-corrected chi connectivity index (χ4v) is 4.77. The van der Waals surface area contributed by atoms with Gasteiger partial charge in [0.1, 0.15) is 4.90 Å².